The molecule has 0 saturated heterocycles. The molecule has 0 spiro atoms. The highest BCUT2D eigenvalue weighted by Gasteiger charge is 2.38. The van der Waals surface area contributed by atoms with Crippen molar-refractivity contribution < 1.29 is 40.6 Å². The predicted octanol–water partition coefficient (Wildman–Crippen LogP) is 6.92. The SMILES string of the molecule is COC(=O)CCC1=CN[C@](CO[C@H](C)c2cc(C(F)(F)F)cc(C(F)(F)F)c2)(c2ccccc2)CC1. The van der Waals surface area contributed by atoms with Crippen molar-refractivity contribution in [1.82, 2.24) is 5.32 Å². The molecule has 2 aromatic rings. The van der Waals surface area contributed by atoms with Crippen molar-refractivity contribution in [2.24, 2.45) is 0 Å². The highest BCUT2D eigenvalue weighted by Crippen LogP contribution is 2.39. The molecule has 196 valence electrons. The summed E-state index contributed by atoms with van der Waals surface area (Å²) in [5.74, 6) is -0.327. The van der Waals surface area contributed by atoms with Crippen LogP contribution >= 0.6 is 0 Å². The van der Waals surface area contributed by atoms with Crippen LogP contribution in [0.25, 0.3) is 0 Å². The minimum Gasteiger partial charge on any atom is -0.469 e. The van der Waals surface area contributed by atoms with Crippen molar-refractivity contribution in [1.29, 1.82) is 0 Å². The summed E-state index contributed by atoms with van der Waals surface area (Å²) in [7, 11) is 1.32. The Morgan fingerprint density at radius 2 is 1.64 bits per heavy atom. The van der Waals surface area contributed by atoms with Crippen LogP contribution in [0.1, 0.15) is 61.0 Å². The lowest BCUT2D eigenvalue weighted by Crippen LogP contribution is -2.46. The van der Waals surface area contributed by atoms with Crippen molar-refractivity contribution >= 4 is 5.97 Å². The van der Waals surface area contributed by atoms with E-state index >= 15 is 0 Å². The van der Waals surface area contributed by atoms with E-state index in [9.17, 15) is 31.1 Å². The van der Waals surface area contributed by atoms with Crippen LogP contribution in [0.2, 0.25) is 0 Å². The average molecular weight is 515 g/mol. The quantitative estimate of drug-likeness (QED) is 0.306. The number of benzene rings is 2. The van der Waals surface area contributed by atoms with Gasteiger partial charge in [0, 0.05) is 6.42 Å². The number of hydrogen-bond acceptors (Lipinski definition) is 4. The number of rotatable bonds is 8. The standard InChI is InChI=1S/C26H27F6NO3/c1-17(19-12-21(25(27,28)29)14-22(13-19)26(30,31)32)36-16-24(20-6-4-3-5-7-20)11-10-18(15-33-24)8-9-23(34)35-2/h3-7,12-15,17,33H,8-11,16H2,1-2H3/t17-,24-/m1/s1. The number of hydrogen-bond donors (Lipinski definition) is 1. The topological polar surface area (TPSA) is 47.6 Å². The van der Waals surface area contributed by atoms with Gasteiger partial charge in [-0.1, -0.05) is 35.9 Å². The molecule has 1 aliphatic rings. The molecular formula is C26H27F6NO3. The Morgan fingerprint density at radius 3 is 2.14 bits per heavy atom. The first-order valence-corrected chi connectivity index (χ1v) is 11.3. The molecule has 1 aliphatic heterocycles. The Balaban J connectivity index is 1.83. The summed E-state index contributed by atoms with van der Waals surface area (Å²) >= 11 is 0. The second-order valence-corrected chi connectivity index (χ2v) is 8.76. The normalized spacial score (nSPS) is 19.3. The third-order valence-electron chi connectivity index (χ3n) is 6.29. The molecule has 36 heavy (non-hydrogen) atoms. The van der Waals surface area contributed by atoms with E-state index in [1.54, 1.807) is 6.20 Å². The molecule has 1 N–H and O–H groups in total. The molecule has 2 aromatic carbocycles. The monoisotopic (exact) mass is 515 g/mol. The second kappa shape index (κ2) is 10.9. The van der Waals surface area contributed by atoms with Crippen molar-refractivity contribution in [3.05, 3.63) is 82.6 Å². The summed E-state index contributed by atoms with van der Waals surface area (Å²) in [5, 5.41) is 3.32. The summed E-state index contributed by atoms with van der Waals surface area (Å²) in [5.41, 5.74) is -1.87. The molecule has 10 heteroatoms. The maximum Gasteiger partial charge on any atom is 0.416 e. The highest BCUT2D eigenvalue weighted by molar-refractivity contribution is 5.69. The molecule has 0 radical (unpaired) electrons. The van der Waals surface area contributed by atoms with Crippen molar-refractivity contribution in [3.63, 3.8) is 0 Å². The number of halogens is 6. The van der Waals surface area contributed by atoms with Crippen LogP contribution in [0.15, 0.2) is 60.3 Å². The number of carbonyl (C=O) groups excluding carboxylic acids is 1. The molecule has 0 aromatic heterocycles. The molecule has 2 atom stereocenters. The third kappa shape index (κ3) is 6.81. The smallest absolute Gasteiger partial charge is 0.416 e. The minimum absolute atomic E-state index is 0.00341. The lowest BCUT2D eigenvalue weighted by atomic mass is 9.82. The number of nitrogens with one attached hydrogen (secondary N) is 1. The molecular weight excluding hydrogens is 488 g/mol. The largest absolute Gasteiger partial charge is 0.469 e. The Morgan fingerprint density at radius 1 is 1.03 bits per heavy atom. The summed E-state index contributed by atoms with van der Waals surface area (Å²) in [4.78, 5) is 11.5. The lowest BCUT2D eigenvalue weighted by molar-refractivity contribution is -0.143. The average Bonchev–Trinajstić information content (AvgIpc) is 2.85. The summed E-state index contributed by atoms with van der Waals surface area (Å²) in [6, 6.07) is 10.7. The molecule has 1 heterocycles. The lowest BCUT2D eigenvalue weighted by Gasteiger charge is -2.39. The number of ether oxygens (including phenoxy) is 2. The molecule has 0 saturated carbocycles. The summed E-state index contributed by atoms with van der Waals surface area (Å²) < 4.78 is 90.2. The third-order valence-corrected chi connectivity index (χ3v) is 6.29. The van der Waals surface area contributed by atoms with Crippen LogP contribution in [0.4, 0.5) is 26.3 Å². The first-order valence-electron chi connectivity index (χ1n) is 11.3. The molecule has 0 bridgehead atoms. The Bertz CT molecular complexity index is 1050. The molecule has 0 unspecified atom stereocenters. The van der Waals surface area contributed by atoms with Crippen LogP contribution < -0.4 is 5.32 Å². The van der Waals surface area contributed by atoms with Crippen LogP contribution in [-0.4, -0.2) is 19.7 Å². The number of methoxy groups -OCH3 is 1. The van der Waals surface area contributed by atoms with E-state index in [0.29, 0.717) is 31.4 Å². The van der Waals surface area contributed by atoms with Gasteiger partial charge in [0.05, 0.1) is 36.5 Å². The van der Waals surface area contributed by atoms with Gasteiger partial charge in [-0.2, -0.15) is 26.3 Å². The zero-order valence-corrected chi connectivity index (χ0v) is 19.8. The van der Waals surface area contributed by atoms with Crippen molar-refractivity contribution in [2.45, 2.75) is 56.6 Å². The number of esters is 1. The first kappa shape index (κ1) is 27.6. The van der Waals surface area contributed by atoms with Gasteiger partial charge in [-0.05, 0) is 61.7 Å². The van der Waals surface area contributed by atoms with Gasteiger partial charge >= 0.3 is 18.3 Å². The fourth-order valence-electron chi connectivity index (χ4n) is 4.08. The van der Waals surface area contributed by atoms with Gasteiger partial charge in [0.2, 0.25) is 0 Å². The fraction of sp³-hybridized carbons (Fsp3) is 0.423. The van der Waals surface area contributed by atoms with E-state index in [1.807, 2.05) is 30.3 Å². The van der Waals surface area contributed by atoms with Gasteiger partial charge < -0.3 is 14.8 Å². The maximum atomic E-state index is 13.3. The molecule has 0 fully saturated rings. The first-order chi connectivity index (χ1) is 16.8. The van der Waals surface area contributed by atoms with E-state index in [-0.39, 0.29) is 30.6 Å². The Hall–Kier alpha value is -3.01. The van der Waals surface area contributed by atoms with E-state index in [0.717, 1.165) is 11.1 Å². The number of alkyl halides is 6. The van der Waals surface area contributed by atoms with Crippen LogP contribution in [-0.2, 0) is 32.2 Å². The summed E-state index contributed by atoms with van der Waals surface area (Å²) in [6.07, 6.45) is -7.21. The van der Waals surface area contributed by atoms with Crippen LogP contribution in [0.3, 0.4) is 0 Å². The molecule has 0 aliphatic carbocycles. The molecule has 4 nitrogen and oxygen atoms in total. The predicted molar refractivity (Wildman–Crippen MR) is 121 cm³/mol. The second-order valence-electron chi connectivity index (χ2n) is 8.76. The van der Waals surface area contributed by atoms with Crippen molar-refractivity contribution in [3.8, 4) is 0 Å². The molecule has 0 amide bonds. The van der Waals surface area contributed by atoms with Crippen molar-refractivity contribution in [2.75, 3.05) is 13.7 Å². The Kier molecular flexibility index (Phi) is 8.38. The van der Waals surface area contributed by atoms with Gasteiger partial charge in [0.15, 0.2) is 0 Å². The van der Waals surface area contributed by atoms with Crippen LogP contribution in [0, 0.1) is 0 Å². The zero-order chi connectivity index (χ0) is 26.6. The summed E-state index contributed by atoms with van der Waals surface area (Å²) in [6.45, 7) is 1.42. The van der Waals surface area contributed by atoms with Gasteiger partial charge in [-0.3, -0.25) is 4.79 Å². The van der Waals surface area contributed by atoms with Gasteiger partial charge in [-0.25, -0.2) is 0 Å². The maximum absolute atomic E-state index is 13.3. The minimum atomic E-state index is -4.93. The van der Waals surface area contributed by atoms with E-state index in [1.165, 1.54) is 14.0 Å². The number of carbonyl (C=O) groups is 1. The van der Waals surface area contributed by atoms with Crippen LogP contribution in [0.5, 0.6) is 0 Å². The van der Waals surface area contributed by atoms with Gasteiger partial charge in [0.25, 0.3) is 0 Å². The number of allylic oxidation sites excluding steroid dienone is 1. The van der Waals surface area contributed by atoms with Gasteiger partial charge in [0.1, 0.15) is 0 Å². The highest BCUT2D eigenvalue weighted by atomic mass is 19.4. The van der Waals surface area contributed by atoms with E-state index in [4.69, 9.17) is 4.74 Å². The fourth-order valence-corrected chi connectivity index (χ4v) is 4.08. The van der Waals surface area contributed by atoms with E-state index < -0.39 is 35.1 Å². The van der Waals surface area contributed by atoms with Gasteiger partial charge in [-0.15, -0.1) is 0 Å². The Labute approximate surface area is 205 Å². The van der Waals surface area contributed by atoms with E-state index in [2.05, 4.69) is 10.1 Å². The molecule has 3 rings (SSSR count). The zero-order valence-electron chi connectivity index (χ0n) is 19.8.